The first-order valence-electron chi connectivity index (χ1n) is 3.07. The van der Waals surface area contributed by atoms with Gasteiger partial charge in [-0.3, -0.25) is 4.68 Å². The summed E-state index contributed by atoms with van der Waals surface area (Å²) in [5, 5.41) is 4.85. The largest absolute Gasteiger partial charge is 0.370 e. The molecular weight excluding hydrogens is 152 g/mol. The molecule has 0 aliphatic carbocycles. The second-order valence-corrected chi connectivity index (χ2v) is 2.69. The Morgan fingerprint density at radius 1 is 1.60 bits per heavy atom. The molecule has 1 aliphatic rings. The molecule has 0 saturated heterocycles. The van der Waals surface area contributed by atoms with Gasteiger partial charge in [-0.25, -0.2) is 0 Å². The molecule has 0 spiro atoms. The van der Waals surface area contributed by atoms with E-state index in [9.17, 15) is 0 Å². The van der Waals surface area contributed by atoms with Crippen molar-refractivity contribution >= 4 is 11.6 Å². The van der Waals surface area contributed by atoms with Crippen LogP contribution in [0.15, 0.2) is 0 Å². The number of ether oxygens (including phenoxy) is 1. The van der Waals surface area contributed by atoms with Gasteiger partial charge in [0, 0.05) is 12.6 Å². The number of nitrogens with zero attached hydrogens (tertiary/aromatic N) is 2. The smallest absolute Gasteiger partial charge is 0.132 e. The predicted molar refractivity (Wildman–Crippen MR) is 36.7 cm³/mol. The van der Waals surface area contributed by atoms with Crippen LogP contribution in [0.4, 0.5) is 0 Å². The molecular formula is C6H7ClN2O. The van der Waals surface area contributed by atoms with Crippen molar-refractivity contribution in [3.8, 4) is 0 Å². The van der Waals surface area contributed by atoms with Crippen molar-refractivity contribution < 1.29 is 4.74 Å². The third kappa shape index (κ3) is 0.676. The standard InChI is InChI=1S/C6H7ClN2O/c1-9-6(7)4-2-10-3-5(4)8-9/h2-3H2,1H3. The highest BCUT2D eigenvalue weighted by Gasteiger charge is 2.19. The molecule has 54 valence electrons. The molecule has 1 aromatic rings. The van der Waals surface area contributed by atoms with Gasteiger partial charge in [0.2, 0.25) is 0 Å². The van der Waals surface area contributed by atoms with Crippen LogP contribution >= 0.6 is 11.6 Å². The van der Waals surface area contributed by atoms with Crippen LogP contribution in [0.25, 0.3) is 0 Å². The monoisotopic (exact) mass is 158 g/mol. The summed E-state index contributed by atoms with van der Waals surface area (Å²) in [5.74, 6) is 0. The van der Waals surface area contributed by atoms with Crippen LogP contribution in [-0.4, -0.2) is 9.78 Å². The summed E-state index contributed by atoms with van der Waals surface area (Å²) in [6.45, 7) is 1.22. The highest BCUT2D eigenvalue weighted by atomic mass is 35.5. The molecule has 0 unspecified atom stereocenters. The minimum atomic E-state index is 0.607. The van der Waals surface area contributed by atoms with Gasteiger partial charge in [0.15, 0.2) is 0 Å². The van der Waals surface area contributed by atoms with E-state index in [1.54, 1.807) is 4.68 Å². The maximum absolute atomic E-state index is 5.87. The third-order valence-electron chi connectivity index (χ3n) is 1.64. The first-order chi connectivity index (χ1) is 4.79. The molecule has 2 rings (SSSR count). The Morgan fingerprint density at radius 2 is 2.40 bits per heavy atom. The predicted octanol–water partition coefficient (Wildman–Crippen LogP) is 1.10. The number of halogens is 1. The fourth-order valence-corrected chi connectivity index (χ4v) is 1.31. The lowest BCUT2D eigenvalue weighted by atomic mass is 10.3. The van der Waals surface area contributed by atoms with Crippen molar-refractivity contribution in [1.29, 1.82) is 0 Å². The Hall–Kier alpha value is -0.540. The summed E-state index contributed by atoms with van der Waals surface area (Å²) in [4.78, 5) is 0. The molecule has 1 aliphatic heterocycles. The van der Waals surface area contributed by atoms with Gasteiger partial charge in [0.25, 0.3) is 0 Å². The number of hydrogen-bond acceptors (Lipinski definition) is 2. The molecule has 10 heavy (non-hydrogen) atoms. The van der Waals surface area contributed by atoms with Crippen molar-refractivity contribution in [3.05, 3.63) is 16.4 Å². The minimum Gasteiger partial charge on any atom is -0.370 e. The van der Waals surface area contributed by atoms with E-state index in [0.29, 0.717) is 18.4 Å². The lowest BCUT2D eigenvalue weighted by molar-refractivity contribution is 0.131. The van der Waals surface area contributed by atoms with Crippen molar-refractivity contribution in [2.75, 3.05) is 0 Å². The van der Waals surface area contributed by atoms with E-state index in [1.165, 1.54) is 0 Å². The van der Waals surface area contributed by atoms with Gasteiger partial charge in [-0.1, -0.05) is 11.6 Å². The van der Waals surface area contributed by atoms with Crippen LogP contribution in [0.3, 0.4) is 0 Å². The Labute approximate surface area is 63.5 Å². The molecule has 1 aromatic heterocycles. The minimum absolute atomic E-state index is 0.607. The van der Waals surface area contributed by atoms with Crippen molar-refractivity contribution in [2.24, 2.45) is 7.05 Å². The Morgan fingerprint density at radius 3 is 3.10 bits per heavy atom. The second kappa shape index (κ2) is 1.97. The van der Waals surface area contributed by atoms with Gasteiger partial charge >= 0.3 is 0 Å². The highest BCUT2D eigenvalue weighted by molar-refractivity contribution is 6.30. The van der Waals surface area contributed by atoms with Crippen molar-refractivity contribution in [3.63, 3.8) is 0 Å². The molecule has 0 bridgehead atoms. The average Bonchev–Trinajstić information content (AvgIpc) is 2.41. The van der Waals surface area contributed by atoms with Crippen LogP contribution in [0.5, 0.6) is 0 Å². The fourth-order valence-electron chi connectivity index (χ4n) is 1.11. The first kappa shape index (κ1) is 6.19. The highest BCUT2D eigenvalue weighted by Crippen LogP contribution is 2.25. The van der Waals surface area contributed by atoms with E-state index in [1.807, 2.05) is 7.05 Å². The van der Waals surface area contributed by atoms with Gasteiger partial charge in [0.05, 0.1) is 18.9 Å². The SMILES string of the molecule is Cn1nc2c(c1Cl)COC2. The number of aryl methyl sites for hydroxylation is 1. The summed E-state index contributed by atoms with van der Waals surface area (Å²) in [7, 11) is 1.83. The summed E-state index contributed by atoms with van der Waals surface area (Å²) in [5.41, 5.74) is 2.02. The normalized spacial score (nSPS) is 15.8. The van der Waals surface area contributed by atoms with Gasteiger partial charge in [-0.05, 0) is 0 Å². The molecule has 0 radical (unpaired) electrons. The topological polar surface area (TPSA) is 27.1 Å². The van der Waals surface area contributed by atoms with Crippen LogP contribution in [0.1, 0.15) is 11.3 Å². The van der Waals surface area contributed by atoms with Gasteiger partial charge in [-0.2, -0.15) is 5.10 Å². The third-order valence-corrected chi connectivity index (χ3v) is 2.11. The Kier molecular flexibility index (Phi) is 1.22. The average molecular weight is 159 g/mol. The van der Waals surface area contributed by atoms with Crippen molar-refractivity contribution in [1.82, 2.24) is 9.78 Å². The van der Waals surface area contributed by atoms with Crippen molar-refractivity contribution in [2.45, 2.75) is 13.2 Å². The van der Waals surface area contributed by atoms with Crippen LogP contribution in [0.2, 0.25) is 5.15 Å². The van der Waals surface area contributed by atoms with Crippen LogP contribution in [-0.2, 0) is 25.0 Å². The molecule has 2 heterocycles. The van der Waals surface area contributed by atoms with E-state index in [-0.39, 0.29) is 0 Å². The summed E-state index contributed by atoms with van der Waals surface area (Å²) in [6.07, 6.45) is 0. The van der Waals surface area contributed by atoms with E-state index in [2.05, 4.69) is 5.10 Å². The summed E-state index contributed by atoms with van der Waals surface area (Å²) >= 11 is 5.87. The number of rotatable bonds is 0. The molecule has 0 aromatic carbocycles. The van der Waals surface area contributed by atoms with E-state index in [4.69, 9.17) is 16.3 Å². The summed E-state index contributed by atoms with van der Waals surface area (Å²) in [6, 6.07) is 0. The maximum Gasteiger partial charge on any atom is 0.132 e. The molecule has 4 heteroatoms. The summed E-state index contributed by atoms with van der Waals surface area (Å²) < 4.78 is 6.81. The molecule has 3 nitrogen and oxygen atoms in total. The van der Waals surface area contributed by atoms with Gasteiger partial charge in [-0.15, -0.1) is 0 Å². The molecule has 0 saturated carbocycles. The first-order valence-corrected chi connectivity index (χ1v) is 3.45. The maximum atomic E-state index is 5.87. The van der Waals surface area contributed by atoms with Crippen LogP contribution in [0, 0.1) is 0 Å². The fraction of sp³-hybridized carbons (Fsp3) is 0.500. The molecule has 0 fully saturated rings. The van der Waals surface area contributed by atoms with E-state index in [0.717, 1.165) is 11.3 Å². The molecule has 0 N–H and O–H groups in total. The lowest BCUT2D eigenvalue weighted by Gasteiger charge is -1.93. The zero-order chi connectivity index (χ0) is 7.14. The quantitative estimate of drug-likeness (QED) is 0.566. The van der Waals surface area contributed by atoms with E-state index < -0.39 is 0 Å². The second-order valence-electron chi connectivity index (χ2n) is 2.33. The van der Waals surface area contributed by atoms with E-state index >= 15 is 0 Å². The number of aromatic nitrogens is 2. The van der Waals surface area contributed by atoms with Gasteiger partial charge < -0.3 is 4.74 Å². The molecule has 0 atom stereocenters. The zero-order valence-corrected chi connectivity index (χ0v) is 6.35. The number of hydrogen-bond donors (Lipinski definition) is 0. The number of fused-ring (bicyclic) bond motifs is 1. The zero-order valence-electron chi connectivity index (χ0n) is 5.59. The Balaban J connectivity index is 2.59. The van der Waals surface area contributed by atoms with Gasteiger partial charge in [0.1, 0.15) is 5.15 Å². The Bertz CT molecular complexity index is 269. The lowest BCUT2D eigenvalue weighted by Crippen LogP contribution is -1.93. The molecule has 0 amide bonds. The van der Waals surface area contributed by atoms with Crippen LogP contribution < -0.4 is 0 Å².